The summed E-state index contributed by atoms with van der Waals surface area (Å²) in [5, 5.41) is 0. The predicted octanol–water partition coefficient (Wildman–Crippen LogP) is 0.502. The number of amides is 1. The third-order valence-electron chi connectivity index (χ3n) is 3.46. The molecule has 3 N–H and O–H groups in total. The van der Waals surface area contributed by atoms with Crippen molar-refractivity contribution in [1.82, 2.24) is 5.43 Å². The fourth-order valence-electron chi connectivity index (χ4n) is 2.06. The number of hydrogen-bond acceptors (Lipinski definition) is 4. The van der Waals surface area contributed by atoms with Crippen LogP contribution in [0.25, 0.3) is 0 Å². The Kier molecular flexibility index (Phi) is 3.16. The molecule has 0 radical (unpaired) electrons. The van der Waals surface area contributed by atoms with E-state index in [-0.39, 0.29) is 16.6 Å². The van der Waals surface area contributed by atoms with Crippen molar-refractivity contribution in [2.75, 3.05) is 5.75 Å². The first kappa shape index (κ1) is 13.0. The van der Waals surface area contributed by atoms with Gasteiger partial charge in [0.2, 0.25) is 5.91 Å². The highest BCUT2D eigenvalue weighted by atomic mass is 32.2. The van der Waals surface area contributed by atoms with Crippen LogP contribution in [0.4, 0.5) is 0 Å². The number of nitrogens with two attached hydrogens (primary N) is 1. The second-order valence-electron chi connectivity index (χ2n) is 4.48. The third kappa shape index (κ3) is 2.02. The van der Waals surface area contributed by atoms with Gasteiger partial charge in [-0.15, -0.1) is 0 Å². The van der Waals surface area contributed by atoms with Gasteiger partial charge in [-0.2, -0.15) is 0 Å². The first-order valence-corrected chi connectivity index (χ1v) is 7.46. The van der Waals surface area contributed by atoms with E-state index in [1.165, 1.54) is 0 Å². The maximum absolute atomic E-state index is 11.7. The summed E-state index contributed by atoms with van der Waals surface area (Å²) < 4.78 is 23.3. The van der Waals surface area contributed by atoms with Gasteiger partial charge < -0.3 is 0 Å². The van der Waals surface area contributed by atoms with Gasteiger partial charge in [0.05, 0.1) is 16.1 Å². The maximum Gasteiger partial charge on any atom is 0.244 e. The lowest BCUT2D eigenvalue weighted by Crippen LogP contribution is -2.39. The summed E-state index contributed by atoms with van der Waals surface area (Å²) in [4.78, 5) is 12.0. The number of rotatable bonds is 4. The molecule has 1 aromatic rings. The molecule has 0 atom stereocenters. The van der Waals surface area contributed by atoms with Gasteiger partial charge in [0.25, 0.3) is 0 Å². The molecule has 1 fully saturated rings. The van der Waals surface area contributed by atoms with E-state index in [0.29, 0.717) is 0 Å². The zero-order chi connectivity index (χ0) is 13.4. The van der Waals surface area contributed by atoms with Crippen molar-refractivity contribution in [3.63, 3.8) is 0 Å². The maximum atomic E-state index is 11.7. The number of hydrazine groups is 1. The van der Waals surface area contributed by atoms with Crippen LogP contribution in [-0.4, -0.2) is 20.1 Å². The van der Waals surface area contributed by atoms with Gasteiger partial charge >= 0.3 is 0 Å². The molecule has 0 aliphatic heterocycles. The van der Waals surface area contributed by atoms with Gasteiger partial charge in [0.1, 0.15) is 0 Å². The van der Waals surface area contributed by atoms with E-state index >= 15 is 0 Å². The number of hydrogen-bond donors (Lipinski definition) is 2. The van der Waals surface area contributed by atoms with Crippen molar-refractivity contribution < 1.29 is 13.2 Å². The summed E-state index contributed by atoms with van der Waals surface area (Å²) in [6.45, 7) is 1.60. The number of benzene rings is 1. The molecule has 5 nitrogen and oxygen atoms in total. The van der Waals surface area contributed by atoms with Gasteiger partial charge in [0, 0.05) is 0 Å². The molecule has 98 valence electrons. The molecule has 0 spiro atoms. The van der Waals surface area contributed by atoms with E-state index < -0.39 is 15.3 Å². The van der Waals surface area contributed by atoms with E-state index in [2.05, 4.69) is 5.43 Å². The summed E-state index contributed by atoms with van der Waals surface area (Å²) in [6, 6.07) is 6.51. The van der Waals surface area contributed by atoms with E-state index in [1.807, 2.05) is 0 Å². The Hall–Kier alpha value is -1.40. The SMILES string of the molecule is CCS(=O)(=O)c1ccc(C2(C(=O)NN)CC2)cc1. The van der Waals surface area contributed by atoms with E-state index in [9.17, 15) is 13.2 Å². The molecule has 0 saturated heterocycles. The highest BCUT2D eigenvalue weighted by molar-refractivity contribution is 7.91. The van der Waals surface area contributed by atoms with Crippen LogP contribution in [0, 0.1) is 0 Å². The van der Waals surface area contributed by atoms with Crippen molar-refractivity contribution in [1.29, 1.82) is 0 Å². The lowest BCUT2D eigenvalue weighted by Gasteiger charge is -2.14. The van der Waals surface area contributed by atoms with Gasteiger partial charge in [-0.1, -0.05) is 19.1 Å². The van der Waals surface area contributed by atoms with Gasteiger partial charge in [0.15, 0.2) is 9.84 Å². The van der Waals surface area contributed by atoms with Crippen LogP contribution in [0.3, 0.4) is 0 Å². The highest BCUT2D eigenvalue weighted by Crippen LogP contribution is 2.48. The second-order valence-corrected chi connectivity index (χ2v) is 6.76. The minimum atomic E-state index is -3.19. The molecule has 18 heavy (non-hydrogen) atoms. The van der Waals surface area contributed by atoms with Crippen LogP contribution in [0.1, 0.15) is 25.3 Å². The second kappa shape index (κ2) is 4.37. The van der Waals surface area contributed by atoms with Gasteiger partial charge in [-0.25, -0.2) is 14.3 Å². The predicted molar refractivity (Wildman–Crippen MR) is 67.4 cm³/mol. The Bertz CT molecular complexity index is 559. The highest BCUT2D eigenvalue weighted by Gasteiger charge is 2.51. The Morgan fingerprint density at radius 2 is 1.89 bits per heavy atom. The molecular weight excluding hydrogens is 252 g/mol. The molecule has 2 rings (SSSR count). The number of carbonyl (C=O) groups excluding carboxylic acids is 1. The minimum Gasteiger partial charge on any atom is -0.293 e. The monoisotopic (exact) mass is 268 g/mol. The summed E-state index contributed by atoms with van der Waals surface area (Å²) in [5.74, 6) is 5.02. The average Bonchev–Trinajstić information content (AvgIpc) is 3.19. The fourth-order valence-corrected chi connectivity index (χ4v) is 2.94. The smallest absolute Gasteiger partial charge is 0.244 e. The summed E-state index contributed by atoms with van der Waals surface area (Å²) in [7, 11) is -3.19. The van der Waals surface area contributed by atoms with E-state index in [4.69, 9.17) is 5.84 Å². The molecule has 0 aromatic heterocycles. The molecule has 6 heteroatoms. The topological polar surface area (TPSA) is 89.3 Å². The fraction of sp³-hybridized carbons (Fsp3) is 0.417. The summed E-state index contributed by atoms with van der Waals surface area (Å²) in [5.41, 5.74) is 2.43. The van der Waals surface area contributed by atoms with Gasteiger partial charge in [-0.05, 0) is 30.5 Å². The van der Waals surface area contributed by atoms with Crippen LogP contribution in [0.2, 0.25) is 0 Å². The van der Waals surface area contributed by atoms with Crippen LogP contribution in [-0.2, 0) is 20.0 Å². The Morgan fingerprint density at radius 3 is 2.28 bits per heavy atom. The van der Waals surface area contributed by atoms with E-state index in [1.54, 1.807) is 31.2 Å². The van der Waals surface area contributed by atoms with Crippen molar-refractivity contribution in [3.8, 4) is 0 Å². The number of carbonyl (C=O) groups is 1. The largest absolute Gasteiger partial charge is 0.293 e. The normalized spacial score (nSPS) is 17.2. The number of sulfone groups is 1. The molecule has 1 saturated carbocycles. The quantitative estimate of drug-likeness (QED) is 0.473. The molecular formula is C12H16N2O3S. The van der Waals surface area contributed by atoms with Crippen LogP contribution in [0.15, 0.2) is 29.2 Å². The Morgan fingerprint density at radius 1 is 1.33 bits per heavy atom. The lowest BCUT2D eigenvalue weighted by atomic mass is 9.95. The standard InChI is InChI=1S/C12H16N2O3S/c1-2-18(16,17)10-5-3-9(4-6-10)12(7-8-12)11(15)14-13/h3-6H,2,7-8,13H2,1H3,(H,14,15). The molecule has 0 heterocycles. The lowest BCUT2D eigenvalue weighted by molar-refractivity contribution is -0.123. The first-order valence-electron chi connectivity index (χ1n) is 5.80. The average molecular weight is 268 g/mol. The molecule has 0 unspecified atom stereocenters. The van der Waals surface area contributed by atoms with E-state index in [0.717, 1.165) is 18.4 Å². The molecule has 1 amide bonds. The molecule has 1 aliphatic carbocycles. The van der Waals surface area contributed by atoms with Crippen LogP contribution in [0.5, 0.6) is 0 Å². The molecule has 1 aliphatic rings. The van der Waals surface area contributed by atoms with Crippen molar-refractivity contribution in [2.45, 2.75) is 30.1 Å². The Balaban J connectivity index is 2.32. The third-order valence-corrected chi connectivity index (χ3v) is 5.21. The molecule has 1 aromatic carbocycles. The summed E-state index contributed by atoms with van der Waals surface area (Å²) >= 11 is 0. The van der Waals surface area contributed by atoms with Gasteiger partial charge in [-0.3, -0.25) is 10.2 Å². The van der Waals surface area contributed by atoms with Crippen molar-refractivity contribution in [2.24, 2.45) is 5.84 Å². The Labute approximate surface area is 106 Å². The zero-order valence-electron chi connectivity index (χ0n) is 10.1. The van der Waals surface area contributed by atoms with Crippen molar-refractivity contribution in [3.05, 3.63) is 29.8 Å². The van der Waals surface area contributed by atoms with Crippen LogP contribution >= 0.6 is 0 Å². The first-order chi connectivity index (χ1) is 8.46. The minimum absolute atomic E-state index is 0.0702. The number of nitrogens with one attached hydrogen (secondary N) is 1. The van der Waals surface area contributed by atoms with Crippen molar-refractivity contribution >= 4 is 15.7 Å². The van der Waals surface area contributed by atoms with Crippen LogP contribution < -0.4 is 11.3 Å². The zero-order valence-corrected chi connectivity index (χ0v) is 11.0. The molecule has 0 bridgehead atoms. The summed E-state index contributed by atoms with van der Waals surface area (Å²) in [6.07, 6.45) is 1.49.